The second-order valence-corrected chi connectivity index (χ2v) is 3.63. The van der Waals surface area contributed by atoms with Crippen LogP contribution in [0.5, 0.6) is 5.75 Å². The van der Waals surface area contributed by atoms with Gasteiger partial charge in [-0.05, 0) is 37.3 Å². The van der Waals surface area contributed by atoms with E-state index in [0.717, 1.165) is 11.7 Å². The molecule has 0 saturated carbocycles. The summed E-state index contributed by atoms with van der Waals surface area (Å²) in [5.41, 5.74) is 2.45. The van der Waals surface area contributed by atoms with E-state index < -0.39 is 0 Å². The molecule has 66 valence electrons. The molecule has 0 aliphatic rings. The molecule has 0 fully saturated rings. The van der Waals surface area contributed by atoms with Crippen LogP contribution in [-0.2, 0) is 0 Å². The first-order valence-electron chi connectivity index (χ1n) is 3.93. The Balaban J connectivity index is 2.75. The van der Waals surface area contributed by atoms with E-state index >= 15 is 0 Å². The van der Waals surface area contributed by atoms with Gasteiger partial charge in [-0.25, -0.2) is 0 Å². The van der Waals surface area contributed by atoms with Crippen molar-refractivity contribution in [1.82, 2.24) is 0 Å². The molecule has 0 heterocycles. The third-order valence-electron chi connectivity index (χ3n) is 1.68. The van der Waals surface area contributed by atoms with Gasteiger partial charge < -0.3 is 4.74 Å². The van der Waals surface area contributed by atoms with Crippen LogP contribution in [0.2, 0.25) is 0 Å². The maximum Gasteiger partial charge on any atom is 0.133 e. The Hall–Kier alpha value is -0.630. The molecule has 0 spiro atoms. The highest BCUT2D eigenvalue weighted by atomic mass is 32.2. The van der Waals surface area contributed by atoms with Crippen LogP contribution in [0.4, 0.5) is 0 Å². The van der Waals surface area contributed by atoms with Gasteiger partial charge in [-0.2, -0.15) is 0 Å². The summed E-state index contributed by atoms with van der Waals surface area (Å²) in [5, 5.41) is 0. The van der Waals surface area contributed by atoms with Gasteiger partial charge in [0.1, 0.15) is 11.7 Å². The smallest absolute Gasteiger partial charge is 0.133 e. The minimum atomic E-state index is 0.726. The molecule has 1 rings (SSSR count). The van der Waals surface area contributed by atoms with Gasteiger partial charge in [-0.15, -0.1) is 11.8 Å². The topological polar surface area (TPSA) is 9.23 Å². The summed E-state index contributed by atoms with van der Waals surface area (Å²) in [5.74, 6) is 1.73. The van der Waals surface area contributed by atoms with Gasteiger partial charge in [-0.1, -0.05) is 12.1 Å². The number of aryl methyl sites for hydroxylation is 2. The van der Waals surface area contributed by atoms with Crippen LogP contribution < -0.4 is 4.74 Å². The molecular formula is C10H14OS. The van der Waals surface area contributed by atoms with Gasteiger partial charge >= 0.3 is 0 Å². The highest BCUT2D eigenvalue weighted by Gasteiger charge is 1.97. The fourth-order valence-electron chi connectivity index (χ4n) is 0.985. The molecule has 0 radical (unpaired) electrons. The average molecular weight is 182 g/mol. The van der Waals surface area contributed by atoms with Gasteiger partial charge in [0.15, 0.2) is 0 Å². The Kier molecular flexibility index (Phi) is 3.48. The predicted molar refractivity (Wildman–Crippen MR) is 54.9 cm³/mol. The first kappa shape index (κ1) is 9.46. The largest absolute Gasteiger partial charge is 0.483 e. The molecule has 12 heavy (non-hydrogen) atoms. The fraction of sp³-hybridized carbons (Fsp3) is 0.400. The van der Waals surface area contributed by atoms with Crippen LogP contribution in [0.1, 0.15) is 11.1 Å². The molecule has 0 unspecified atom stereocenters. The summed E-state index contributed by atoms with van der Waals surface area (Å²) < 4.78 is 5.53. The number of ether oxygens (including phenoxy) is 1. The summed E-state index contributed by atoms with van der Waals surface area (Å²) in [4.78, 5) is 0. The van der Waals surface area contributed by atoms with E-state index in [9.17, 15) is 0 Å². The molecule has 0 aliphatic heterocycles. The lowest BCUT2D eigenvalue weighted by Gasteiger charge is -2.07. The molecular weight excluding hydrogens is 168 g/mol. The van der Waals surface area contributed by atoms with E-state index in [-0.39, 0.29) is 0 Å². The molecule has 1 aromatic carbocycles. The SMILES string of the molecule is CSCOc1cc(C)ccc1C. The minimum absolute atomic E-state index is 0.726. The number of benzene rings is 1. The monoisotopic (exact) mass is 182 g/mol. The number of hydrogen-bond donors (Lipinski definition) is 0. The zero-order chi connectivity index (χ0) is 8.97. The van der Waals surface area contributed by atoms with Crippen LogP contribution in [0.15, 0.2) is 18.2 Å². The molecule has 0 aliphatic carbocycles. The van der Waals surface area contributed by atoms with Crippen molar-refractivity contribution in [2.45, 2.75) is 13.8 Å². The molecule has 0 N–H and O–H groups in total. The third kappa shape index (κ3) is 2.45. The Bertz CT molecular complexity index is 258. The molecule has 0 aromatic heterocycles. The quantitative estimate of drug-likeness (QED) is 0.665. The van der Waals surface area contributed by atoms with Crippen molar-refractivity contribution in [2.24, 2.45) is 0 Å². The molecule has 0 bridgehead atoms. The second kappa shape index (κ2) is 4.41. The van der Waals surface area contributed by atoms with E-state index in [4.69, 9.17) is 4.74 Å². The maximum atomic E-state index is 5.53. The molecule has 0 saturated heterocycles. The predicted octanol–water partition coefficient (Wildman–Crippen LogP) is 3.00. The Labute approximate surface area is 78.1 Å². The van der Waals surface area contributed by atoms with Crippen LogP contribution in [0, 0.1) is 13.8 Å². The highest BCUT2D eigenvalue weighted by molar-refractivity contribution is 7.98. The summed E-state index contributed by atoms with van der Waals surface area (Å²) >= 11 is 1.69. The molecule has 0 amide bonds. The lowest BCUT2D eigenvalue weighted by atomic mass is 10.1. The molecule has 1 nitrogen and oxygen atoms in total. The first-order chi connectivity index (χ1) is 5.74. The number of thioether (sulfide) groups is 1. The van der Waals surface area contributed by atoms with E-state index in [1.165, 1.54) is 11.1 Å². The van der Waals surface area contributed by atoms with Crippen molar-refractivity contribution in [3.63, 3.8) is 0 Å². The zero-order valence-corrected chi connectivity index (χ0v) is 8.57. The summed E-state index contributed by atoms with van der Waals surface area (Å²) in [6.07, 6.45) is 2.03. The zero-order valence-electron chi connectivity index (χ0n) is 7.76. The number of hydrogen-bond acceptors (Lipinski definition) is 2. The standard InChI is InChI=1S/C10H14OS/c1-8-4-5-9(2)10(6-8)11-7-12-3/h4-6H,7H2,1-3H3. The Morgan fingerprint density at radius 1 is 1.33 bits per heavy atom. The molecule has 2 heteroatoms. The summed E-state index contributed by atoms with van der Waals surface area (Å²) in [6, 6.07) is 6.26. The Morgan fingerprint density at radius 3 is 2.75 bits per heavy atom. The second-order valence-electron chi connectivity index (χ2n) is 2.82. The van der Waals surface area contributed by atoms with E-state index in [0.29, 0.717) is 0 Å². The van der Waals surface area contributed by atoms with Crippen molar-refractivity contribution in [1.29, 1.82) is 0 Å². The summed E-state index contributed by atoms with van der Waals surface area (Å²) in [7, 11) is 0. The van der Waals surface area contributed by atoms with Crippen LogP contribution >= 0.6 is 11.8 Å². The van der Waals surface area contributed by atoms with Gasteiger partial charge in [0, 0.05) is 0 Å². The molecule has 0 atom stereocenters. The van der Waals surface area contributed by atoms with Crippen molar-refractivity contribution >= 4 is 11.8 Å². The molecule has 1 aromatic rings. The van der Waals surface area contributed by atoms with Gasteiger partial charge in [-0.3, -0.25) is 0 Å². The number of rotatable bonds is 3. The third-order valence-corrected chi connectivity index (χ3v) is 2.03. The van der Waals surface area contributed by atoms with Gasteiger partial charge in [0.25, 0.3) is 0 Å². The lowest BCUT2D eigenvalue weighted by molar-refractivity contribution is 0.390. The van der Waals surface area contributed by atoms with Crippen molar-refractivity contribution < 1.29 is 4.74 Å². The highest BCUT2D eigenvalue weighted by Crippen LogP contribution is 2.19. The average Bonchev–Trinajstić information content (AvgIpc) is 2.07. The van der Waals surface area contributed by atoms with E-state index in [1.54, 1.807) is 11.8 Å². The van der Waals surface area contributed by atoms with E-state index in [1.807, 2.05) is 6.26 Å². The van der Waals surface area contributed by atoms with Gasteiger partial charge in [0.2, 0.25) is 0 Å². The van der Waals surface area contributed by atoms with Crippen LogP contribution in [-0.4, -0.2) is 12.2 Å². The minimum Gasteiger partial charge on any atom is -0.483 e. The first-order valence-corrected chi connectivity index (χ1v) is 5.32. The normalized spacial score (nSPS) is 9.92. The Morgan fingerprint density at radius 2 is 2.08 bits per heavy atom. The van der Waals surface area contributed by atoms with Crippen molar-refractivity contribution in [2.75, 3.05) is 12.2 Å². The van der Waals surface area contributed by atoms with Crippen LogP contribution in [0.3, 0.4) is 0 Å². The summed E-state index contributed by atoms with van der Waals surface area (Å²) in [6.45, 7) is 4.14. The van der Waals surface area contributed by atoms with Crippen molar-refractivity contribution in [3.8, 4) is 5.75 Å². The van der Waals surface area contributed by atoms with Crippen molar-refractivity contribution in [3.05, 3.63) is 29.3 Å². The van der Waals surface area contributed by atoms with Gasteiger partial charge in [0.05, 0.1) is 0 Å². The fourth-order valence-corrected chi connectivity index (χ4v) is 1.23. The van der Waals surface area contributed by atoms with E-state index in [2.05, 4.69) is 32.0 Å². The van der Waals surface area contributed by atoms with Crippen LogP contribution in [0.25, 0.3) is 0 Å². The maximum absolute atomic E-state index is 5.53. The lowest BCUT2D eigenvalue weighted by Crippen LogP contribution is -1.94.